The van der Waals surface area contributed by atoms with Crippen molar-refractivity contribution in [2.75, 3.05) is 31.1 Å². The molecule has 0 saturated carbocycles. The summed E-state index contributed by atoms with van der Waals surface area (Å²) in [5.74, 6) is -0.844. The predicted octanol–water partition coefficient (Wildman–Crippen LogP) is 1.74. The van der Waals surface area contributed by atoms with Gasteiger partial charge in [-0.1, -0.05) is 6.07 Å². The van der Waals surface area contributed by atoms with Crippen molar-refractivity contribution in [2.24, 2.45) is 0 Å². The quantitative estimate of drug-likeness (QED) is 0.686. The molecule has 0 spiro atoms. The maximum Gasteiger partial charge on any atom is 0.410 e. The van der Waals surface area contributed by atoms with E-state index >= 15 is 0 Å². The highest BCUT2D eigenvalue weighted by Crippen LogP contribution is 2.25. The van der Waals surface area contributed by atoms with Gasteiger partial charge in [0.2, 0.25) is 5.91 Å². The smallest absolute Gasteiger partial charge is 0.410 e. The van der Waals surface area contributed by atoms with Crippen molar-refractivity contribution in [3.63, 3.8) is 0 Å². The zero-order valence-electron chi connectivity index (χ0n) is 19.4. The summed E-state index contributed by atoms with van der Waals surface area (Å²) in [5.41, 5.74) is 0.597. The van der Waals surface area contributed by atoms with E-state index in [0.717, 1.165) is 11.1 Å². The summed E-state index contributed by atoms with van der Waals surface area (Å²) in [7, 11) is 0. The topological polar surface area (TPSA) is 114 Å². The SMILES string of the molecule is Cc1nn(C2CCC(=O)NC2=O)c(=O)c2cc(N3CCN(C(=O)OC(C)(C)C)CC3)ccc12. The van der Waals surface area contributed by atoms with E-state index in [4.69, 9.17) is 4.74 Å². The van der Waals surface area contributed by atoms with Crippen LogP contribution in [0.25, 0.3) is 10.8 Å². The van der Waals surface area contributed by atoms with Crippen LogP contribution in [0.2, 0.25) is 0 Å². The Morgan fingerprint density at radius 3 is 2.42 bits per heavy atom. The Labute approximate surface area is 191 Å². The lowest BCUT2D eigenvalue weighted by Gasteiger charge is -2.36. The number of aryl methyl sites for hydroxylation is 1. The van der Waals surface area contributed by atoms with Gasteiger partial charge < -0.3 is 14.5 Å². The van der Waals surface area contributed by atoms with Crippen LogP contribution in [0, 0.1) is 6.92 Å². The number of imide groups is 1. The minimum atomic E-state index is -0.806. The molecule has 2 aliphatic heterocycles. The van der Waals surface area contributed by atoms with E-state index in [1.807, 2.05) is 39.0 Å². The third kappa shape index (κ3) is 4.69. The fourth-order valence-electron chi connectivity index (χ4n) is 4.21. The third-order valence-corrected chi connectivity index (χ3v) is 5.89. The van der Waals surface area contributed by atoms with Crippen LogP contribution >= 0.6 is 0 Å². The van der Waals surface area contributed by atoms with Gasteiger partial charge in [-0.3, -0.25) is 19.7 Å². The minimum Gasteiger partial charge on any atom is -0.444 e. The highest BCUT2D eigenvalue weighted by molar-refractivity contribution is 5.99. The van der Waals surface area contributed by atoms with Crippen molar-refractivity contribution in [1.82, 2.24) is 20.0 Å². The summed E-state index contributed by atoms with van der Waals surface area (Å²) < 4.78 is 6.65. The van der Waals surface area contributed by atoms with E-state index in [1.54, 1.807) is 11.8 Å². The summed E-state index contributed by atoms with van der Waals surface area (Å²) in [4.78, 5) is 53.2. The van der Waals surface area contributed by atoms with Gasteiger partial charge in [0.25, 0.3) is 11.5 Å². The molecule has 1 unspecified atom stereocenters. The first-order valence-electron chi connectivity index (χ1n) is 11.1. The number of carbonyl (C=O) groups excluding carboxylic acids is 3. The molecule has 0 radical (unpaired) electrons. The number of amides is 3. The van der Waals surface area contributed by atoms with Crippen LogP contribution in [0.3, 0.4) is 0 Å². The molecule has 1 aromatic carbocycles. The fourth-order valence-corrected chi connectivity index (χ4v) is 4.21. The highest BCUT2D eigenvalue weighted by Gasteiger charge is 2.31. The van der Waals surface area contributed by atoms with E-state index < -0.39 is 17.6 Å². The zero-order valence-corrected chi connectivity index (χ0v) is 19.4. The summed E-state index contributed by atoms with van der Waals surface area (Å²) in [6.07, 6.45) is 0.0905. The first-order valence-corrected chi connectivity index (χ1v) is 11.1. The second-order valence-electron chi connectivity index (χ2n) is 9.49. The van der Waals surface area contributed by atoms with E-state index in [0.29, 0.717) is 37.3 Å². The van der Waals surface area contributed by atoms with Gasteiger partial charge in [0.05, 0.1) is 11.1 Å². The van der Waals surface area contributed by atoms with Crippen molar-refractivity contribution >= 4 is 34.4 Å². The largest absolute Gasteiger partial charge is 0.444 e. The van der Waals surface area contributed by atoms with Gasteiger partial charge in [-0.25, -0.2) is 9.48 Å². The van der Waals surface area contributed by atoms with Crippen LogP contribution in [-0.4, -0.2) is 64.4 Å². The highest BCUT2D eigenvalue weighted by atomic mass is 16.6. The van der Waals surface area contributed by atoms with E-state index in [2.05, 4.69) is 15.3 Å². The van der Waals surface area contributed by atoms with Crippen molar-refractivity contribution in [2.45, 2.75) is 52.2 Å². The number of rotatable bonds is 2. The fraction of sp³-hybridized carbons (Fsp3) is 0.522. The van der Waals surface area contributed by atoms with E-state index in [9.17, 15) is 19.2 Å². The normalized spacial score (nSPS) is 19.6. The predicted molar refractivity (Wildman–Crippen MR) is 122 cm³/mol. The second-order valence-corrected chi connectivity index (χ2v) is 9.49. The minimum absolute atomic E-state index is 0.170. The van der Waals surface area contributed by atoms with Crippen molar-refractivity contribution < 1.29 is 19.1 Å². The van der Waals surface area contributed by atoms with Gasteiger partial charge in [0.1, 0.15) is 11.6 Å². The van der Waals surface area contributed by atoms with Crippen LogP contribution in [-0.2, 0) is 14.3 Å². The number of piperidine rings is 1. The molecule has 4 rings (SSSR count). The monoisotopic (exact) mass is 455 g/mol. The molecule has 3 amide bonds. The van der Waals surface area contributed by atoms with Gasteiger partial charge in [-0.05, 0) is 46.2 Å². The van der Waals surface area contributed by atoms with Crippen LogP contribution < -0.4 is 15.8 Å². The molecule has 0 aliphatic carbocycles. The Kier molecular flexibility index (Phi) is 5.85. The van der Waals surface area contributed by atoms with Crippen LogP contribution in [0.15, 0.2) is 23.0 Å². The Bertz CT molecular complexity index is 1170. The number of fused-ring (bicyclic) bond motifs is 1. The molecule has 0 bridgehead atoms. The first-order chi connectivity index (χ1) is 15.5. The lowest BCUT2D eigenvalue weighted by molar-refractivity contribution is -0.136. The summed E-state index contributed by atoms with van der Waals surface area (Å²) in [6.45, 7) is 9.57. The molecule has 2 aliphatic rings. The molecule has 1 aromatic heterocycles. The van der Waals surface area contributed by atoms with Crippen molar-refractivity contribution in [1.29, 1.82) is 0 Å². The molecule has 2 aromatic rings. The van der Waals surface area contributed by atoms with Crippen molar-refractivity contribution in [3.8, 4) is 0 Å². The third-order valence-electron chi connectivity index (χ3n) is 5.89. The zero-order chi connectivity index (χ0) is 23.9. The molecular weight excluding hydrogens is 426 g/mol. The summed E-state index contributed by atoms with van der Waals surface area (Å²) >= 11 is 0. The standard InChI is InChI=1S/C23H29N5O5/c1-14-16-6-5-15(26-9-11-27(12-10-26)22(32)33-23(2,3)4)13-17(16)21(31)28(25-14)18-7-8-19(29)24-20(18)30/h5-6,13,18H,7-12H2,1-4H3,(H,24,29,30). The maximum atomic E-state index is 13.3. The number of piperazine rings is 1. The lowest BCUT2D eigenvalue weighted by Crippen LogP contribution is -2.50. The summed E-state index contributed by atoms with van der Waals surface area (Å²) in [5, 5.41) is 7.84. The van der Waals surface area contributed by atoms with Crippen LogP contribution in [0.5, 0.6) is 0 Å². The van der Waals surface area contributed by atoms with Gasteiger partial charge in [0, 0.05) is 43.7 Å². The molecule has 3 heterocycles. The number of carbonyl (C=O) groups is 3. The van der Waals surface area contributed by atoms with E-state index in [-0.39, 0.29) is 30.4 Å². The molecule has 1 atom stereocenters. The Morgan fingerprint density at radius 1 is 1.09 bits per heavy atom. The number of nitrogens with one attached hydrogen (secondary N) is 1. The molecule has 2 fully saturated rings. The van der Waals surface area contributed by atoms with E-state index in [1.165, 1.54) is 4.68 Å². The molecule has 33 heavy (non-hydrogen) atoms. The molecular formula is C23H29N5O5. The average molecular weight is 456 g/mol. The van der Waals surface area contributed by atoms with Gasteiger partial charge >= 0.3 is 6.09 Å². The number of aromatic nitrogens is 2. The number of anilines is 1. The summed E-state index contributed by atoms with van der Waals surface area (Å²) in [6, 6.07) is 4.82. The lowest BCUT2D eigenvalue weighted by atomic mass is 10.1. The van der Waals surface area contributed by atoms with Gasteiger partial charge in [-0.2, -0.15) is 5.10 Å². The second kappa shape index (κ2) is 8.49. The molecule has 10 nitrogen and oxygen atoms in total. The van der Waals surface area contributed by atoms with Gasteiger partial charge in [-0.15, -0.1) is 0 Å². The molecule has 2 saturated heterocycles. The number of nitrogens with zero attached hydrogens (tertiary/aromatic N) is 4. The number of hydrogen-bond donors (Lipinski definition) is 1. The molecule has 176 valence electrons. The Balaban J connectivity index is 1.58. The number of ether oxygens (including phenoxy) is 1. The number of hydrogen-bond acceptors (Lipinski definition) is 7. The Hall–Kier alpha value is -3.43. The maximum absolute atomic E-state index is 13.3. The van der Waals surface area contributed by atoms with Crippen LogP contribution in [0.4, 0.5) is 10.5 Å². The average Bonchev–Trinajstić information content (AvgIpc) is 2.75. The van der Waals surface area contributed by atoms with Crippen molar-refractivity contribution in [3.05, 3.63) is 34.2 Å². The molecule has 10 heteroatoms. The van der Waals surface area contributed by atoms with Crippen LogP contribution in [0.1, 0.15) is 45.3 Å². The molecule has 1 N–H and O–H groups in total. The number of benzene rings is 1. The first kappa shape index (κ1) is 22.8. The Morgan fingerprint density at radius 2 is 1.79 bits per heavy atom. The van der Waals surface area contributed by atoms with Gasteiger partial charge in [0.15, 0.2) is 0 Å².